The van der Waals surface area contributed by atoms with Crippen LogP contribution in [0.1, 0.15) is 33.1 Å². The number of fused-ring (bicyclic) bond motifs is 1. The van der Waals surface area contributed by atoms with E-state index in [0.717, 1.165) is 0 Å². The van der Waals surface area contributed by atoms with Crippen molar-refractivity contribution in [2.24, 2.45) is 17.8 Å². The number of aliphatic carboxylic acids is 1. The standard InChI is InChI=1S/C28H38N4O9S/c1-5-7-40-27(38)30-24(34)19-10-16(12-29-19)9-17-11-18(13-31(17)28(39)41-8-6-2)42-23-14(3)21-20(15(4)33)25(35)32(21)22(23)26(36)37/h5-6,14-21,29,33H,1-2,7-13H2,3-4H3,(H,36,37)(H,30,34,38)/t14-,15-,16?,17-,18+,19+,20-,21-/m1/s1. The molecule has 13 nitrogen and oxygen atoms in total. The molecule has 3 saturated heterocycles. The number of β-lactam (4-membered cyclic amide) rings is 1. The molecule has 0 bridgehead atoms. The van der Waals surface area contributed by atoms with E-state index in [4.69, 9.17) is 9.47 Å². The Kier molecular flexibility index (Phi) is 10.00. The van der Waals surface area contributed by atoms with Crippen LogP contribution >= 0.6 is 11.8 Å². The molecule has 4 heterocycles. The summed E-state index contributed by atoms with van der Waals surface area (Å²) in [6.07, 6.45) is 2.20. The van der Waals surface area contributed by atoms with Crippen molar-refractivity contribution in [3.05, 3.63) is 35.9 Å². The lowest BCUT2D eigenvalue weighted by atomic mass is 9.79. The summed E-state index contributed by atoms with van der Waals surface area (Å²) in [6.45, 7) is 11.3. The molecule has 0 radical (unpaired) electrons. The third-order valence-electron chi connectivity index (χ3n) is 8.24. The fourth-order valence-corrected chi connectivity index (χ4v) is 7.97. The predicted octanol–water partition coefficient (Wildman–Crippen LogP) is 1.45. The van der Waals surface area contributed by atoms with Crippen molar-refractivity contribution in [3.63, 3.8) is 0 Å². The first-order valence-electron chi connectivity index (χ1n) is 14.0. The summed E-state index contributed by atoms with van der Waals surface area (Å²) >= 11 is 1.36. The number of nitrogens with zero attached hydrogens (tertiary/aromatic N) is 2. The summed E-state index contributed by atoms with van der Waals surface area (Å²) in [7, 11) is 0. The molecular formula is C28H38N4O9S. The van der Waals surface area contributed by atoms with Crippen molar-refractivity contribution in [1.82, 2.24) is 20.4 Å². The van der Waals surface area contributed by atoms with Crippen LogP contribution in [0.3, 0.4) is 0 Å². The number of hydrogen-bond acceptors (Lipinski definition) is 10. The van der Waals surface area contributed by atoms with Gasteiger partial charge in [-0.15, -0.1) is 11.8 Å². The van der Waals surface area contributed by atoms with Gasteiger partial charge in [-0.05, 0) is 38.6 Å². The number of carboxylic acid groups (broad SMARTS) is 1. The summed E-state index contributed by atoms with van der Waals surface area (Å²) in [6, 6.07) is -1.25. The zero-order chi connectivity index (χ0) is 30.7. The highest BCUT2D eigenvalue weighted by atomic mass is 32.2. The Morgan fingerprint density at radius 3 is 2.52 bits per heavy atom. The Morgan fingerprint density at radius 2 is 1.88 bits per heavy atom. The minimum atomic E-state index is -1.20. The van der Waals surface area contributed by atoms with Gasteiger partial charge in [0, 0.05) is 28.7 Å². The van der Waals surface area contributed by atoms with E-state index in [1.54, 1.807) is 4.90 Å². The number of carbonyl (C=O) groups excluding carboxylic acids is 4. The Balaban J connectivity index is 1.44. The largest absolute Gasteiger partial charge is 0.477 e. The van der Waals surface area contributed by atoms with E-state index in [-0.39, 0.29) is 42.0 Å². The number of ether oxygens (including phenoxy) is 2. The van der Waals surface area contributed by atoms with Crippen molar-refractivity contribution in [3.8, 4) is 0 Å². The van der Waals surface area contributed by atoms with Crippen LogP contribution in [0, 0.1) is 17.8 Å². The van der Waals surface area contributed by atoms with E-state index in [2.05, 4.69) is 23.8 Å². The van der Waals surface area contributed by atoms with Gasteiger partial charge in [0.05, 0.1) is 24.1 Å². The zero-order valence-corrected chi connectivity index (χ0v) is 24.5. The Labute approximate surface area is 248 Å². The Bertz CT molecular complexity index is 1170. The fourth-order valence-electron chi connectivity index (χ4n) is 6.41. The first kappa shape index (κ1) is 31.6. The number of carbonyl (C=O) groups is 5. The first-order valence-corrected chi connectivity index (χ1v) is 14.9. The average Bonchev–Trinajstić information content (AvgIpc) is 3.62. The summed E-state index contributed by atoms with van der Waals surface area (Å²) in [5.74, 6) is -3.00. The highest BCUT2D eigenvalue weighted by Crippen LogP contribution is 2.52. The van der Waals surface area contributed by atoms with Crippen LogP contribution in [0.25, 0.3) is 0 Å². The van der Waals surface area contributed by atoms with Crippen LogP contribution in [0.2, 0.25) is 0 Å². The normalized spacial score (nSPS) is 30.8. The molecule has 14 heteroatoms. The number of likely N-dealkylation sites (tertiary alicyclic amines) is 1. The van der Waals surface area contributed by atoms with Crippen LogP contribution in [0.15, 0.2) is 35.9 Å². The smallest absolute Gasteiger partial charge is 0.414 e. The molecule has 1 unspecified atom stereocenters. The van der Waals surface area contributed by atoms with Gasteiger partial charge >= 0.3 is 18.2 Å². The average molecular weight is 607 g/mol. The van der Waals surface area contributed by atoms with Gasteiger partial charge in [0.15, 0.2) is 0 Å². The molecule has 0 aromatic heterocycles. The lowest BCUT2D eigenvalue weighted by molar-refractivity contribution is -0.163. The lowest BCUT2D eigenvalue weighted by Crippen LogP contribution is -2.63. The third-order valence-corrected chi connectivity index (χ3v) is 9.74. The number of hydrogen-bond donors (Lipinski definition) is 4. The zero-order valence-electron chi connectivity index (χ0n) is 23.7. The molecule has 3 fully saturated rings. The number of nitrogens with one attached hydrogen (secondary N) is 2. The quantitative estimate of drug-likeness (QED) is 0.198. The van der Waals surface area contributed by atoms with Gasteiger partial charge in [-0.1, -0.05) is 32.2 Å². The van der Waals surface area contributed by atoms with Gasteiger partial charge in [0.1, 0.15) is 18.9 Å². The highest BCUT2D eigenvalue weighted by Gasteiger charge is 2.60. The monoisotopic (exact) mass is 606 g/mol. The number of rotatable bonds is 11. The van der Waals surface area contributed by atoms with Crippen LogP contribution in [-0.2, 0) is 23.9 Å². The van der Waals surface area contributed by atoms with Crippen molar-refractivity contribution in [2.75, 3.05) is 26.3 Å². The molecule has 0 spiro atoms. The molecule has 0 aliphatic carbocycles. The molecule has 8 atom stereocenters. The lowest BCUT2D eigenvalue weighted by Gasteiger charge is -2.46. The molecular weight excluding hydrogens is 568 g/mol. The Hall–Kier alpha value is -3.36. The number of carboxylic acids is 1. The SMILES string of the molecule is C=CCOC(=O)NC(=O)[C@@H]1CC(C[C@@H]2C[C@H](SC3=C(C(=O)O)N4C(=O)[C@H]([C@@H](C)O)[C@H]4[C@H]3C)CN2C(=O)OCC=C)CN1. The predicted molar refractivity (Wildman–Crippen MR) is 152 cm³/mol. The molecule has 230 valence electrons. The number of alkyl carbamates (subject to hydrolysis) is 1. The summed E-state index contributed by atoms with van der Waals surface area (Å²) in [5, 5.41) is 25.3. The van der Waals surface area contributed by atoms with Gasteiger partial charge in [-0.3, -0.25) is 14.9 Å². The molecule has 4 amide bonds. The van der Waals surface area contributed by atoms with Gasteiger partial charge in [0.2, 0.25) is 11.8 Å². The third kappa shape index (κ3) is 6.35. The second-order valence-corrected chi connectivity index (χ2v) is 12.4. The van der Waals surface area contributed by atoms with E-state index in [1.165, 1.54) is 35.7 Å². The van der Waals surface area contributed by atoms with Gasteiger partial charge < -0.3 is 34.8 Å². The Morgan fingerprint density at radius 1 is 1.19 bits per heavy atom. The highest BCUT2D eigenvalue weighted by molar-refractivity contribution is 8.03. The summed E-state index contributed by atoms with van der Waals surface area (Å²) in [4.78, 5) is 65.7. The fraction of sp³-hybridized carbons (Fsp3) is 0.607. The molecule has 4 N–H and O–H groups in total. The first-order chi connectivity index (χ1) is 20.0. The van der Waals surface area contributed by atoms with E-state index in [0.29, 0.717) is 37.3 Å². The van der Waals surface area contributed by atoms with Gasteiger partial charge in [-0.2, -0.15) is 0 Å². The van der Waals surface area contributed by atoms with Crippen molar-refractivity contribution in [1.29, 1.82) is 0 Å². The number of aliphatic hydroxyl groups is 1. The van der Waals surface area contributed by atoms with E-state index in [9.17, 15) is 34.2 Å². The summed E-state index contributed by atoms with van der Waals surface area (Å²) < 4.78 is 10.1. The minimum absolute atomic E-state index is 0.0156. The molecule has 0 saturated carbocycles. The van der Waals surface area contributed by atoms with Gasteiger partial charge in [-0.25, -0.2) is 14.4 Å². The van der Waals surface area contributed by atoms with E-state index < -0.39 is 54.1 Å². The number of imide groups is 1. The molecule has 0 aromatic rings. The van der Waals surface area contributed by atoms with E-state index in [1.807, 2.05) is 6.92 Å². The number of aliphatic hydroxyl groups excluding tert-OH is 1. The molecule has 4 aliphatic rings. The van der Waals surface area contributed by atoms with Crippen LogP contribution in [0.4, 0.5) is 9.59 Å². The summed E-state index contributed by atoms with van der Waals surface area (Å²) in [5.41, 5.74) is -0.0518. The molecule has 4 rings (SSSR count). The second-order valence-electron chi connectivity index (χ2n) is 11.1. The number of thioether (sulfide) groups is 1. The van der Waals surface area contributed by atoms with Gasteiger partial charge in [0.25, 0.3) is 0 Å². The molecule has 0 aromatic carbocycles. The second kappa shape index (κ2) is 13.3. The maximum Gasteiger partial charge on any atom is 0.414 e. The van der Waals surface area contributed by atoms with Crippen LogP contribution < -0.4 is 10.6 Å². The molecule has 4 aliphatic heterocycles. The molecule has 42 heavy (non-hydrogen) atoms. The van der Waals surface area contributed by atoms with E-state index >= 15 is 0 Å². The topological polar surface area (TPSA) is 175 Å². The van der Waals surface area contributed by atoms with Crippen LogP contribution in [-0.4, -0.2) is 106 Å². The van der Waals surface area contributed by atoms with Crippen LogP contribution in [0.5, 0.6) is 0 Å². The minimum Gasteiger partial charge on any atom is -0.477 e. The maximum absolute atomic E-state index is 13.0. The van der Waals surface area contributed by atoms with Crippen molar-refractivity contribution >= 4 is 41.7 Å². The maximum atomic E-state index is 13.0. The van der Waals surface area contributed by atoms with Crippen molar-refractivity contribution < 1.29 is 43.7 Å². The number of amides is 4. The van der Waals surface area contributed by atoms with Crippen molar-refractivity contribution in [2.45, 2.75) is 62.6 Å².